The van der Waals surface area contributed by atoms with Crippen LogP contribution in [0.5, 0.6) is 0 Å². The van der Waals surface area contributed by atoms with Crippen molar-refractivity contribution in [3.8, 4) is 0 Å². The molecule has 1 saturated heterocycles. The third-order valence-electron chi connectivity index (χ3n) is 4.66. The van der Waals surface area contributed by atoms with Crippen LogP contribution >= 0.6 is 0 Å². The van der Waals surface area contributed by atoms with Gasteiger partial charge in [-0.15, -0.1) is 0 Å². The van der Waals surface area contributed by atoms with Crippen LogP contribution in [0, 0.1) is 0 Å². The summed E-state index contributed by atoms with van der Waals surface area (Å²) in [5.41, 5.74) is 1.99. The lowest BCUT2D eigenvalue weighted by molar-refractivity contribution is 0.0719. The lowest BCUT2D eigenvalue weighted by atomic mass is 10.1. The van der Waals surface area contributed by atoms with Crippen LogP contribution in [0.1, 0.15) is 27.1 Å². The molecule has 2 amide bonds. The van der Waals surface area contributed by atoms with Crippen molar-refractivity contribution in [1.29, 1.82) is 0 Å². The molecule has 4 rings (SSSR count). The first-order chi connectivity index (χ1) is 13.1. The molecule has 0 spiro atoms. The Morgan fingerprint density at radius 3 is 2.30 bits per heavy atom. The molecule has 0 atom stereocenters. The normalized spacial score (nSPS) is 15.0. The second-order valence-electron chi connectivity index (χ2n) is 6.40. The predicted molar refractivity (Wildman–Crippen MR) is 97.5 cm³/mol. The molecule has 8 nitrogen and oxygen atoms in total. The van der Waals surface area contributed by atoms with Crippen molar-refractivity contribution in [3.63, 3.8) is 0 Å². The molecule has 0 unspecified atom stereocenters. The largest absolute Gasteiger partial charge is 0.417 e. The van der Waals surface area contributed by atoms with Crippen LogP contribution in [-0.4, -0.2) is 57.8 Å². The molecule has 1 aromatic carbocycles. The van der Waals surface area contributed by atoms with Crippen molar-refractivity contribution in [1.82, 2.24) is 19.8 Å². The van der Waals surface area contributed by atoms with E-state index in [0.717, 1.165) is 0 Å². The Hall–Kier alpha value is -3.42. The van der Waals surface area contributed by atoms with E-state index < -0.39 is 5.76 Å². The van der Waals surface area contributed by atoms with E-state index in [1.54, 1.807) is 52.5 Å². The second kappa shape index (κ2) is 7.06. The van der Waals surface area contributed by atoms with Gasteiger partial charge in [-0.25, -0.2) is 4.79 Å². The Bertz CT molecular complexity index is 1040. The van der Waals surface area contributed by atoms with Gasteiger partial charge >= 0.3 is 5.76 Å². The molecule has 0 radical (unpaired) electrons. The molecule has 138 valence electrons. The predicted octanol–water partition coefficient (Wildman–Crippen LogP) is 1.50. The summed E-state index contributed by atoms with van der Waals surface area (Å²) in [6, 6.07) is 8.26. The summed E-state index contributed by atoms with van der Waals surface area (Å²) in [4.78, 5) is 46.7. The third kappa shape index (κ3) is 3.46. The molecule has 2 aromatic heterocycles. The molecular formula is C19H18N4O4. The number of fused-ring (bicyclic) bond motifs is 1. The van der Waals surface area contributed by atoms with Crippen molar-refractivity contribution in [3.05, 3.63) is 64.4 Å². The van der Waals surface area contributed by atoms with Crippen LogP contribution in [0.25, 0.3) is 11.1 Å². The number of aromatic nitrogens is 2. The summed E-state index contributed by atoms with van der Waals surface area (Å²) in [6.45, 7) is 2.09. The minimum atomic E-state index is -0.547. The van der Waals surface area contributed by atoms with E-state index in [9.17, 15) is 14.4 Å². The van der Waals surface area contributed by atoms with E-state index in [0.29, 0.717) is 54.8 Å². The number of nitrogens with zero attached hydrogens (tertiary/aromatic N) is 3. The molecule has 0 bridgehead atoms. The van der Waals surface area contributed by atoms with Gasteiger partial charge in [-0.3, -0.25) is 19.6 Å². The van der Waals surface area contributed by atoms with Gasteiger partial charge in [0.2, 0.25) is 0 Å². The SMILES string of the molecule is O=C(c1ccncc1)N1CCCN(C(=O)c2ccc3oc(=O)[nH]c3c2)CC1. The first kappa shape index (κ1) is 17.0. The van der Waals surface area contributed by atoms with Gasteiger partial charge in [-0.1, -0.05) is 0 Å². The lowest BCUT2D eigenvalue weighted by Crippen LogP contribution is -2.37. The number of oxazole rings is 1. The monoisotopic (exact) mass is 366 g/mol. The molecular weight excluding hydrogens is 348 g/mol. The molecule has 27 heavy (non-hydrogen) atoms. The van der Waals surface area contributed by atoms with Crippen LogP contribution in [0.15, 0.2) is 51.9 Å². The molecule has 1 aliphatic heterocycles. The van der Waals surface area contributed by atoms with Gasteiger partial charge in [0, 0.05) is 49.7 Å². The zero-order valence-corrected chi connectivity index (χ0v) is 14.6. The fourth-order valence-electron chi connectivity index (χ4n) is 3.27. The lowest BCUT2D eigenvalue weighted by Gasteiger charge is -2.22. The van der Waals surface area contributed by atoms with Crippen LogP contribution in [0.2, 0.25) is 0 Å². The quantitative estimate of drug-likeness (QED) is 0.741. The van der Waals surface area contributed by atoms with E-state index in [1.165, 1.54) is 0 Å². The summed E-state index contributed by atoms with van der Waals surface area (Å²) in [6.07, 6.45) is 3.89. The Labute approximate surface area is 154 Å². The van der Waals surface area contributed by atoms with Gasteiger partial charge in [0.25, 0.3) is 11.8 Å². The number of H-pyrrole nitrogens is 1. The van der Waals surface area contributed by atoms with E-state index in [-0.39, 0.29) is 11.8 Å². The summed E-state index contributed by atoms with van der Waals surface area (Å²) in [5.74, 6) is -0.726. The van der Waals surface area contributed by atoms with E-state index in [4.69, 9.17) is 4.42 Å². The smallest absolute Gasteiger partial charge is 0.408 e. The zero-order valence-electron chi connectivity index (χ0n) is 14.6. The van der Waals surface area contributed by atoms with E-state index >= 15 is 0 Å². The summed E-state index contributed by atoms with van der Waals surface area (Å²) in [5, 5.41) is 0. The molecule has 3 aromatic rings. The minimum Gasteiger partial charge on any atom is -0.408 e. The molecule has 8 heteroatoms. The zero-order chi connectivity index (χ0) is 18.8. The molecule has 1 aliphatic rings. The maximum Gasteiger partial charge on any atom is 0.417 e. The van der Waals surface area contributed by atoms with Crippen molar-refractivity contribution in [2.45, 2.75) is 6.42 Å². The number of hydrogen-bond donors (Lipinski definition) is 1. The van der Waals surface area contributed by atoms with Gasteiger partial charge in [0.15, 0.2) is 5.58 Å². The number of amides is 2. The average Bonchev–Trinajstić information content (AvgIpc) is 2.90. The number of nitrogens with one attached hydrogen (secondary N) is 1. The number of rotatable bonds is 2. The fraction of sp³-hybridized carbons (Fsp3) is 0.263. The van der Waals surface area contributed by atoms with Gasteiger partial charge in [0.1, 0.15) is 0 Å². The van der Waals surface area contributed by atoms with Gasteiger partial charge in [0.05, 0.1) is 5.52 Å². The van der Waals surface area contributed by atoms with Crippen molar-refractivity contribution in [2.24, 2.45) is 0 Å². The fourth-order valence-corrected chi connectivity index (χ4v) is 3.27. The van der Waals surface area contributed by atoms with Crippen molar-refractivity contribution in [2.75, 3.05) is 26.2 Å². The third-order valence-corrected chi connectivity index (χ3v) is 4.66. The van der Waals surface area contributed by atoms with Crippen LogP contribution < -0.4 is 5.76 Å². The number of pyridine rings is 1. The average molecular weight is 366 g/mol. The molecule has 1 N–H and O–H groups in total. The van der Waals surface area contributed by atoms with Gasteiger partial charge < -0.3 is 14.2 Å². The number of aromatic amines is 1. The summed E-state index contributed by atoms with van der Waals surface area (Å²) >= 11 is 0. The molecule has 1 fully saturated rings. The number of carbonyl (C=O) groups is 2. The van der Waals surface area contributed by atoms with Gasteiger partial charge in [-0.05, 0) is 36.8 Å². The first-order valence-electron chi connectivity index (χ1n) is 8.73. The maximum atomic E-state index is 12.8. The molecule has 0 saturated carbocycles. The van der Waals surface area contributed by atoms with Crippen LogP contribution in [-0.2, 0) is 0 Å². The standard InChI is InChI=1S/C19H18N4O4/c24-17(13-4-6-20-7-5-13)22-8-1-9-23(11-10-22)18(25)14-2-3-16-15(12-14)21-19(26)27-16/h2-7,12H,1,8-11H2,(H,21,26). The molecule has 3 heterocycles. The Kier molecular flexibility index (Phi) is 4.45. The van der Waals surface area contributed by atoms with Crippen LogP contribution in [0.3, 0.4) is 0 Å². The highest BCUT2D eigenvalue weighted by molar-refractivity contribution is 5.97. The summed E-state index contributed by atoms with van der Waals surface area (Å²) in [7, 11) is 0. The highest BCUT2D eigenvalue weighted by Crippen LogP contribution is 2.16. The Morgan fingerprint density at radius 2 is 1.59 bits per heavy atom. The highest BCUT2D eigenvalue weighted by Gasteiger charge is 2.23. The van der Waals surface area contributed by atoms with E-state index in [2.05, 4.69) is 9.97 Å². The Balaban J connectivity index is 1.47. The topological polar surface area (TPSA) is 99.5 Å². The van der Waals surface area contributed by atoms with Gasteiger partial charge in [-0.2, -0.15) is 0 Å². The Morgan fingerprint density at radius 1 is 0.926 bits per heavy atom. The summed E-state index contributed by atoms with van der Waals surface area (Å²) < 4.78 is 4.97. The maximum absolute atomic E-state index is 12.8. The second-order valence-corrected chi connectivity index (χ2v) is 6.40. The number of carbonyl (C=O) groups excluding carboxylic acids is 2. The van der Waals surface area contributed by atoms with Crippen molar-refractivity contribution >= 4 is 22.9 Å². The molecule has 0 aliphatic carbocycles. The van der Waals surface area contributed by atoms with Crippen molar-refractivity contribution < 1.29 is 14.0 Å². The van der Waals surface area contributed by atoms with E-state index in [1.807, 2.05) is 0 Å². The number of hydrogen-bond acceptors (Lipinski definition) is 5. The van der Waals surface area contributed by atoms with Crippen LogP contribution in [0.4, 0.5) is 0 Å². The first-order valence-corrected chi connectivity index (χ1v) is 8.73. The minimum absolute atomic E-state index is 0.0518. The number of benzene rings is 1. The highest BCUT2D eigenvalue weighted by atomic mass is 16.4.